The van der Waals surface area contributed by atoms with Gasteiger partial charge in [-0.15, -0.1) is 40.8 Å². The number of anilines is 2. The van der Waals surface area contributed by atoms with E-state index in [-0.39, 0.29) is 20.4 Å². The third-order valence-electron chi connectivity index (χ3n) is 10.3. The molecule has 5 heterocycles. The second-order valence-electron chi connectivity index (χ2n) is 13.7. The Hall–Kier alpha value is -4.90. The maximum atomic E-state index is 6.57. The molecule has 0 amide bonds. The zero-order valence-electron chi connectivity index (χ0n) is 29.2. The van der Waals surface area contributed by atoms with E-state index in [1.807, 2.05) is 30.5 Å². The molecule has 0 aliphatic carbocycles. The van der Waals surface area contributed by atoms with Crippen LogP contribution in [0.1, 0.15) is 42.4 Å². The summed E-state index contributed by atoms with van der Waals surface area (Å²) in [5.74, 6) is 4.32. The fourth-order valence-electron chi connectivity index (χ4n) is 7.92. The summed E-state index contributed by atoms with van der Waals surface area (Å²) in [6, 6.07) is 36.6. The minimum Gasteiger partial charge on any atom is -0.509 e. The number of aryl methyl sites for hydroxylation is 3. The van der Waals surface area contributed by atoms with Crippen molar-refractivity contribution in [3.8, 4) is 34.1 Å². The first-order chi connectivity index (χ1) is 24.5. The smallest absolute Gasteiger partial charge is 0.509 e. The van der Waals surface area contributed by atoms with Gasteiger partial charge in [-0.1, -0.05) is 41.9 Å². The van der Waals surface area contributed by atoms with Gasteiger partial charge in [0, 0.05) is 49.4 Å². The summed E-state index contributed by atoms with van der Waals surface area (Å²) < 4.78 is 10.9. The van der Waals surface area contributed by atoms with Crippen molar-refractivity contribution in [2.24, 2.45) is 0 Å². The van der Waals surface area contributed by atoms with E-state index in [0.29, 0.717) is 11.5 Å². The van der Waals surface area contributed by atoms with Gasteiger partial charge in [0.1, 0.15) is 11.6 Å². The fourth-order valence-corrected chi connectivity index (χ4v) is 7.92. The van der Waals surface area contributed by atoms with E-state index in [4.69, 9.17) is 14.8 Å². The van der Waals surface area contributed by atoms with Gasteiger partial charge < -0.3 is 19.1 Å². The molecule has 2 aliphatic rings. The maximum absolute atomic E-state index is 6.57. The van der Waals surface area contributed by atoms with Gasteiger partial charge in [-0.05, 0) is 98.0 Å². The van der Waals surface area contributed by atoms with E-state index in [1.54, 1.807) is 0 Å². The zero-order chi connectivity index (χ0) is 33.8. The molecule has 0 unspecified atom stereocenters. The van der Waals surface area contributed by atoms with Crippen LogP contribution in [0.2, 0.25) is 0 Å². The van der Waals surface area contributed by atoms with Crippen molar-refractivity contribution in [1.29, 1.82) is 0 Å². The Morgan fingerprint density at radius 1 is 0.667 bits per heavy atom. The Morgan fingerprint density at radius 3 is 2.14 bits per heavy atom. The molecule has 0 atom stereocenters. The van der Waals surface area contributed by atoms with Gasteiger partial charge in [-0.2, -0.15) is 12.1 Å². The second-order valence-corrected chi connectivity index (χ2v) is 13.7. The van der Waals surface area contributed by atoms with Crippen LogP contribution < -0.4 is 14.5 Å². The van der Waals surface area contributed by atoms with Gasteiger partial charge >= 0.3 is 20.4 Å². The minimum atomic E-state index is 0. The molecule has 7 aromatic rings. The molecule has 7 nitrogen and oxygen atoms in total. The fraction of sp³-hybridized carbons (Fsp3) is 0.256. The maximum Gasteiger partial charge on any atom is 2.00 e. The monoisotopic (exact) mass is 762 g/mol. The number of hydrogen-bond acceptors (Lipinski definition) is 5. The summed E-state index contributed by atoms with van der Waals surface area (Å²) in [6.07, 6.45) is 6.59. The van der Waals surface area contributed by atoms with Gasteiger partial charge in [0.25, 0.3) is 0 Å². The molecule has 4 aromatic carbocycles. The van der Waals surface area contributed by atoms with Crippen molar-refractivity contribution in [2.75, 3.05) is 36.0 Å². The first kappa shape index (κ1) is 33.3. The molecule has 8 heteroatoms. The summed E-state index contributed by atoms with van der Waals surface area (Å²) in [5, 5.41) is 7.69. The van der Waals surface area contributed by atoms with E-state index in [2.05, 4.69) is 113 Å². The Bertz CT molecular complexity index is 2360. The van der Waals surface area contributed by atoms with Crippen LogP contribution in [0.5, 0.6) is 11.5 Å². The molecule has 2 aliphatic heterocycles. The Labute approximate surface area is 313 Å². The van der Waals surface area contributed by atoms with E-state index in [1.165, 1.54) is 47.9 Å². The average Bonchev–Trinajstić information content (AvgIpc) is 3.94. The van der Waals surface area contributed by atoms with Gasteiger partial charge in [0.2, 0.25) is 0 Å². The number of hydrogen-bond donors (Lipinski definition) is 0. The van der Waals surface area contributed by atoms with Crippen LogP contribution in [-0.4, -0.2) is 45.5 Å². The van der Waals surface area contributed by atoms with Crippen molar-refractivity contribution in [1.82, 2.24) is 19.3 Å². The number of benzene rings is 4. The molecular weight excluding hydrogens is 723 g/mol. The summed E-state index contributed by atoms with van der Waals surface area (Å²) in [7, 11) is 0. The third-order valence-corrected chi connectivity index (χ3v) is 10.3. The molecule has 51 heavy (non-hydrogen) atoms. The zero-order valence-corrected chi connectivity index (χ0v) is 30.8. The van der Waals surface area contributed by atoms with Crippen LogP contribution in [-0.2, 0) is 20.4 Å². The molecule has 0 saturated carbocycles. The minimum absolute atomic E-state index is 0. The quantitative estimate of drug-likeness (QED) is 0.120. The van der Waals surface area contributed by atoms with E-state index in [0.717, 1.165) is 76.7 Å². The number of ether oxygens (including phenoxy) is 1. The van der Waals surface area contributed by atoms with Crippen molar-refractivity contribution in [3.05, 3.63) is 120 Å². The van der Waals surface area contributed by atoms with Crippen LogP contribution in [0.4, 0.5) is 11.6 Å². The van der Waals surface area contributed by atoms with Crippen LogP contribution in [0, 0.1) is 32.9 Å². The average molecular weight is 763 g/mol. The topological polar surface area (TPSA) is 51.4 Å². The number of aromatic nitrogens is 4. The van der Waals surface area contributed by atoms with E-state index in [9.17, 15) is 0 Å². The number of nitrogens with zero attached hydrogens (tertiary/aromatic N) is 6. The molecule has 2 saturated heterocycles. The number of para-hydroxylation sites is 1. The molecule has 258 valence electrons. The van der Waals surface area contributed by atoms with Gasteiger partial charge in [0.15, 0.2) is 5.82 Å². The van der Waals surface area contributed by atoms with Crippen LogP contribution in [0.3, 0.4) is 0 Å². The molecule has 0 N–H and O–H groups in total. The van der Waals surface area contributed by atoms with Crippen molar-refractivity contribution in [2.45, 2.75) is 46.5 Å². The molecular formula is C43H40N6OPd. The molecule has 9 rings (SSSR count). The Balaban J connectivity index is 0.00000374. The Morgan fingerprint density at radius 2 is 1.37 bits per heavy atom. The van der Waals surface area contributed by atoms with Crippen molar-refractivity contribution in [3.63, 3.8) is 0 Å². The van der Waals surface area contributed by atoms with E-state index >= 15 is 0 Å². The normalized spacial score (nSPS) is 14.5. The van der Waals surface area contributed by atoms with Crippen LogP contribution >= 0.6 is 0 Å². The standard InChI is InChI=1S/C43H40N6O.Pd/c1-29-20-21-44-39(26-29)48-37-17-5-4-16-35(37)36-19-18-34(28-38(36)48)50-33-15-11-14-32(27-33)49-43(47-24-8-9-25-47)41(40-30(2)12-10-13-31(40)3)42(45-49)46-22-6-7-23-46;/h4-5,10-21,26H,6-9,22-25H2,1-3H3;/q-2;+2. The molecule has 3 aromatic heterocycles. The van der Waals surface area contributed by atoms with Gasteiger partial charge in [-0.3, -0.25) is 0 Å². The molecule has 0 bridgehead atoms. The summed E-state index contributed by atoms with van der Waals surface area (Å²) in [5.41, 5.74) is 9.10. The van der Waals surface area contributed by atoms with Gasteiger partial charge in [0.05, 0.1) is 5.56 Å². The SMILES string of the molecule is Cc1ccnc(-n2c3[c-]c(Oc4[c-]c(-n5nc(N6CCCC6)c(-c6c(C)cccc6C)c5N5CCCC5)ccc4)ccc3c3ccccc32)c1.[Pd+2]. The molecule has 0 spiro atoms. The molecule has 0 radical (unpaired) electrons. The van der Waals surface area contributed by atoms with Gasteiger partial charge in [-0.25, -0.2) is 9.67 Å². The number of fused-ring (bicyclic) bond motifs is 3. The van der Waals surface area contributed by atoms with Crippen LogP contribution in [0.15, 0.2) is 91.1 Å². The summed E-state index contributed by atoms with van der Waals surface area (Å²) >= 11 is 0. The summed E-state index contributed by atoms with van der Waals surface area (Å²) in [4.78, 5) is 9.73. The number of rotatable bonds is 7. The Kier molecular flexibility index (Phi) is 8.92. The number of pyridine rings is 1. The second kappa shape index (κ2) is 13.7. The first-order valence-electron chi connectivity index (χ1n) is 17.8. The van der Waals surface area contributed by atoms with Crippen molar-refractivity contribution >= 4 is 33.4 Å². The summed E-state index contributed by atoms with van der Waals surface area (Å²) in [6.45, 7) is 10.6. The molecule has 2 fully saturated rings. The predicted molar refractivity (Wildman–Crippen MR) is 202 cm³/mol. The third kappa shape index (κ3) is 5.91. The predicted octanol–water partition coefficient (Wildman–Crippen LogP) is 9.55. The van der Waals surface area contributed by atoms with E-state index < -0.39 is 0 Å². The van der Waals surface area contributed by atoms with Crippen LogP contribution in [0.25, 0.3) is 44.4 Å². The van der Waals surface area contributed by atoms with Crippen molar-refractivity contribution < 1.29 is 25.2 Å². The largest absolute Gasteiger partial charge is 2.00 e. The first-order valence-corrected chi connectivity index (χ1v) is 17.8.